The Hall–Kier alpha value is -1.83. The van der Waals surface area contributed by atoms with E-state index in [9.17, 15) is 4.79 Å². The van der Waals surface area contributed by atoms with Crippen LogP contribution < -0.4 is 5.73 Å². The molecule has 2 N–H and O–H groups in total. The van der Waals surface area contributed by atoms with E-state index in [1.807, 2.05) is 25.1 Å². The Kier molecular flexibility index (Phi) is 6.65. The molecule has 19 heavy (non-hydrogen) atoms. The van der Waals surface area contributed by atoms with E-state index in [1.165, 1.54) is 0 Å². The van der Waals surface area contributed by atoms with Gasteiger partial charge in [-0.1, -0.05) is 24.0 Å². The first-order valence-corrected chi connectivity index (χ1v) is 6.30. The quantitative estimate of drug-likeness (QED) is 0.807. The maximum absolute atomic E-state index is 12.4. The second-order valence-electron chi connectivity index (χ2n) is 3.93. The molecule has 0 aliphatic carbocycles. The van der Waals surface area contributed by atoms with Crippen LogP contribution in [0.3, 0.4) is 0 Å². The number of carbonyl (C=O) groups is 1. The monoisotopic (exact) mass is 260 g/mol. The number of hydrogen-bond acceptors (Lipinski definition) is 3. The van der Waals surface area contributed by atoms with Crippen molar-refractivity contribution in [2.45, 2.75) is 6.92 Å². The van der Waals surface area contributed by atoms with E-state index < -0.39 is 0 Å². The molecule has 1 aromatic rings. The molecule has 4 heteroatoms. The summed E-state index contributed by atoms with van der Waals surface area (Å²) in [7, 11) is 1.62. The van der Waals surface area contributed by atoms with Gasteiger partial charge in [-0.2, -0.15) is 0 Å². The van der Waals surface area contributed by atoms with Crippen molar-refractivity contribution in [1.82, 2.24) is 4.90 Å². The fraction of sp³-hybridized carbons (Fsp3) is 0.400. The number of rotatable bonds is 5. The fourth-order valence-electron chi connectivity index (χ4n) is 1.70. The molecule has 0 saturated carbocycles. The van der Waals surface area contributed by atoms with Crippen molar-refractivity contribution < 1.29 is 9.53 Å². The third-order valence-corrected chi connectivity index (χ3v) is 2.72. The highest BCUT2D eigenvalue weighted by Gasteiger charge is 2.16. The van der Waals surface area contributed by atoms with Crippen molar-refractivity contribution in [2.24, 2.45) is 5.73 Å². The molecule has 0 aliphatic rings. The molecule has 4 nitrogen and oxygen atoms in total. The summed E-state index contributed by atoms with van der Waals surface area (Å²) in [5, 5.41) is 0. The first-order valence-electron chi connectivity index (χ1n) is 6.30. The molecule has 0 heterocycles. The van der Waals surface area contributed by atoms with Crippen molar-refractivity contribution in [3.63, 3.8) is 0 Å². The Bertz CT molecular complexity index is 475. The topological polar surface area (TPSA) is 55.6 Å². The third-order valence-electron chi connectivity index (χ3n) is 2.72. The molecule has 0 spiro atoms. The van der Waals surface area contributed by atoms with Crippen LogP contribution in [0.1, 0.15) is 22.8 Å². The summed E-state index contributed by atoms with van der Waals surface area (Å²) in [6.07, 6.45) is 0. The summed E-state index contributed by atoms with van der Waals surface area (Å²) in [6, 6.07) is 7.33. The number of benzene rings is 1. The minimum absolute atomic E-state index is 0.0264. The second kappa shape index (κ2) is 8.30. The summed E-state index contributed by atoms with van der Waals surface area (Å²) >= 11 is 0. The number of carbonyl (C=O) groups excluding carboxylic acids is 1. The number of nitrogens with two attached hydrogens (primary N) is 1. The standard InChI is InChI=1S/C15H20N2O2/c1-3-17(11-12-19-2)15(18)14-9-5-4-7-13(14)8-6-10-16/h4-5,7,9H,3,10-12,16H2,1-2H3. The molecule has 0 aliphatic heterocycles. The van der Waals surface area contributed by atoms with Crippen molar-refractivity contribution >= 4 is 5.91 Å². The van der Waals surface area contributed by atoms with Gasteiger partial charge in [-0.25, -0.2) is 0 Å². The predicted octanol–water partition coefficient (Wildman–Crippen LogP) is 1.11. The minimum atomic E-state index is -0.0264. The van der Waals surface area contributed by atoms with Gasteiger partial charge in [-0.3, -0.25) is 4.79 Å². The highest BCUT2D eigenvalue weighted by molar-refractivity contribution is 5.96. The van der Waals surface area contributed by atoms with Gasteiger partial charge in [0.25, 0.3) is 5.91 Å². The van der Waals surface area contributed by atoms with Crippen LogP contribution in [0, 0.1) is 11.8 Å². The molecule has 102 valence electrons. The lowest BCUT2D eigenvalue weighted by Crippen LogP contribution is -2.34. The average Bonchev–Trinajstić information content (AvgIpc) is 2.46. The molecule has 0 saturated heterocycles. The van der Waals surface area contributed by atoms with Crippen molar-refractivity contribution in [2.75, 3.05) is 33.4 Å². The molecule has 0 radical (unpaired) electrons. The lowest BCUT2D eigenvalue weighted by molar-refractivity contribution is 0.0706. The number of amides is 1. The van der Waals surface area contributed by atoms with Crippen molar-refractivity contribution in [1.29, 1.82) is 0 Å². The highest BCUT2D eigenvalue weighted by atomic mass is 16.5. The zero-order valence-corrected chi connectivity index (χ0v) is 11.5. The van der Waals surface area contributed by atoms with Gasteiger partial charge in [0, 0.05) is 25.8 Å². The summed E-state index contributed by atoms with van der Waals surface area (Å²) in [6.45, 7) is 3.97. The number of likely N-dealkylation sites (N-methyl/N-ethyl adjacent to an activating group) is 1. The van der Waals surface area contributed by atoms with Crippen molar-refractivity contribution in [3.05, 3.63) is 35.4 Å². The van der Waals surface area contributed by atoms with Crippen LogP contribution in [0.25, 0.3) is 0 Å². The third kappa shape index (κ3) is 4.40. The average molecular weight is 260 g/mol. The van der Waals surface area contributed by atoms with Crippen LogP contribution >= 0.6 is 0 Å². The van der Waals surface area contributed by atoms with Crippen LogP contribution in [-0.2, 0) is 4.74 Å². The van der Waals surface area contributed by atoms with Crippen molar-refractivity contribution in [3.8, 4) is 11.8 Å². The van der Waals surface area contributed by atoms with Crippen LogP contribution in [0.2, 0.25) is 0 Å². The smallest absolute Gasteiger partial charge is 0.255 e. The van der Waals surface area contributed by atoms with Crippen LogP contribution in [0.4, 0.5) is 0 Å². The molecule has 0 aromatic heterocycles. The van der Waals surface area contributed by atoms with E-state index >= 15 is 0 Å². The SMILES string of the molecule is CCN(CCOC)C(=O)c1ccccc1C#CCN. The Morgan fingerprint density at radius 2 is 2.16 bits per heavy atom. The molecule has 1 aromatic carbocycles. The molecule has 1 amide bonds. The predicted molar refractivity (Wildman–Crippen MR) is 75.8 cm³/mol. The fourth-order valence-corrected chi connectivity index (χ4v) is 1.70. The summed E-state index contributed by atoms with van der Waals surface area (Å²) in [5.41, 5.74) is 6.70. The summed E-state index contributed by atoms with van der Waals surface area (Å²) in [5.74, 6) is 5.69. The van der Waals surface area contributed by atoms with E-state index in [-0.39, 0.29) is 12.5 Å². The Balaban J connectivity index is 2.97. The van der Waals surface area contributed by atoms with E-state index in [2.05, 4.69) is 11.8 Å². The van der Waals surface area contributed by atoms with Gasteiger partial charge in [0.2, 0.25) is 0 Å². The number of hydrogen-bond donors (Lipinski definition) is 1. The van der Waals surface area contributed by atoms with E-state index in [4.69, 9.17) is 10.5 Å². The zero-order valence-electron chi connectivity index (χ0n) is 11.5. The van der Waals surface area contributed by atoms with Gasteiger partial charge in [0.15, 0.2) is 0 Å². The van der Waals surface area contributed by atoms with E-state index in [0.29, 0.717) is 30.8 Å². The lowest BCUT2D eigenvalue weighted by atomic mass is 10.1. The van der Waals surface area contributed by atoms with Gasteiger partial charge in [-0.05, 0) is 19.1 Å². The molecule has 0 unspecified atom stereocenters. The maximum Gasteiger partial charge on any atom is 0.255 e. The summed E-state index contributed by atoms with van der Waals surface area (Å²) < 4.78 is 5.02. The highest BCUT2D eigenvalue weighted by Crippen LogP contribution is 2.11. The molecule has 1 rings (SSSR count). The lowest BCUT2D eigenvalue weighted by Gasteiger charge is -2.21. The number of methoxy groups -OCH3 is 1. The number of ether oxygens (including phenoxy) is 1. The molecule has 0 atom stereocenters. The van der Waals surface area contributed by atoms with E-state index in [0.717, 1.165) is 0 Å². The van der Waals surface area contributed by atoms with Gasteiger partial charge in [0.1, 0.15) is 0 Å². The Morgan fingerprint density at radius 3 is 2.79 bits per heavy atom. The first kappa shape index (κ1) is 15.2. The first-order chi connectivity index (χ1) is 9.24. The van der Waals surface area contributed by atoms with Crippen LogP contribution in [0.5, 0.6) is 0 Å². The molecular weight excluding hydrogens is 240 g/mol. The van der Waals surface area contributed by atoms with Gasteiger partial charge < -0.3 is 15.4 Å². The summed E-state index contributed by atoms with van der Waals surface area (Å²) in [4.78, 5) is 14.2. The van der Waals surface area contributed by atoms with Crippen LogP contribution in [0.15, 0.2) is 24.3 Å². The minimum Gasteiger partial charge on any atom is -0.383 e. The van der Waals surface area contributed by atoms with E-state index in [1.54, 1.807) is 18.1 Å². The van der Waals surface area contributed by atoms with Crippen LogP contribution in [-0.4, -0.2) is 44.2 Å². The largest absolute Gasteiger partial charge is 0.383 e. The van der Waals surface area contributed by atoms with Gasteiger partial charge in [0.05, 0.1) is 18.7 Å². The molecular formula is C15H20N2O2. The Morgan fingerprint density at radius 1 is 1.42 bits per heavy atom. The van der Waals surface area contributed by atoms with Gasteiger partial charge in [-0.15, -0.1) is 0 Å². The number of nitrogens with zero attached hydrogens (tertiary/aromatic N) is 1. The second-order valence-corrected chi connectivity index (χ2v) is 3.93. The maximum atomic E-state index is 12.4. The molecule has 0 fully saturated rings. The normalized spacial score (nSPS) is 9.63. The zero-order chi connectivity index (χ0) is 14.1. The Labute approximate surface area is 114 Å². The van der Waals surface area contributed by atoms with Gasteiger partial charge >= 0.3 is 0 Å². The molecule has 0 bridgehead atoms.